The van der Waals surface area contributed by atoms with E-state index in [2.05, 4.69) is 25.2 Å². The highest BCUT2D eigenvalue weighted by atomic mass is 16.3. The summed E-state index contributed by atoms with van der Waals surface area (Å²) in [5, 5.41) is 3.69. The van der Waals surface area contributed by atoms with Crippen molar-refractivity contribution < 1.29 is 4.42 Å². The SMILES string of the molecule is Cc1cc(C(C)NCC2CCCCCC2)c(C)o1. The highest BCUT2D eigenvalue weighted by Crippen LogP contribution is 2.24. The van der Waals surface area contributed by atoms with Crippen LogP contribution in [0.2, 0.25) is 0 Å². The minimum atomic E-state index is 0.408. The second-order valence-corrected chi connectivity index (χ2v) is 5.86. The molecule has 0 aromatic carbocycles. The molecule has 1 aliphatic rings. The lowest BCUT2D eigenvalue weighted by Gasteiger charge is -2.19. The molecule has 1 atom stereocenters. The first-order valence-corrected chi connectivity index (χ1v) is 7.47. The molecular formula is C16H27NO. The summed E-state index contributed by atoms with van der Waals surface area (Å²) < 4.78 is 5.61. The first kappa shape index (κ1) is 13.7. The van der Waals surface area contributed by atoms with Gasteiger partial charge in [-0.15, -0.1) is 0 Å². The third kappa shape index (κ3) is 3.61. The van der Waals surface area contributed by atoms with E-state index in [4.69, 9.17) is 4.42 Å². The van der Waals surface area contributed by atoms with Crippen LogP contribution in [0.15, 0.2) is 10.5 Å². The second-order valence-electron chi connectivity index (χ2n) is 5.86. The zero-order valence-corrected chi connectivity index (χ0v) is 12.1. The molecule has 0 aliphatic heterocycles. The van der Waals surface area contributed by atoms with Crippen molar-refractivity contribution in [2.24, 2.45) is 5.92 Å². The van der Waals surface area contributed by atoms with Gasteiger partial charge in [-0.25, -0.2) is 0 Å². The number of hydrogen-bond acceptors (Lipinski definition) is 2. The molecule has 1 aromatic rings. The average Bonchev–Trinajstić information content (AvgIpc) is 2.57. The highest BCUT2D eigenvalue weighted by molar-refractivity contribution is 5.23. The fraction of sp³-hybridized carbons (Fsp3) is 0.750. The average molecular weight is 249 g/mol. The van der Waals surface area contributed by atoms with Crippen molar-refractivity contribution in [1.29, 1.82) is 0 Å². The lowest BCUT2D eigenvalue weighted by molar-refractivity contribution is 0.400. The van der Waals surface area contributed by atoms with Crippen LogP contribution in [0.4, 0.5) is 0 Å². The van der Waals surface area contributed by atoms with Crippen LogP contribution in [0.5, 0.6) is 0 Å². The van der Waals surface area contributed by atoms with Crippen molar-refractivity contribution in [3.8, 4) is 0 Å². The smallest absolute Gasteiger partial charge is 0.105 e. The molecule has 0 spiro atoms. The number of rotatable bonds is 4. The third-order valence-electron chi connectivity index (χ3n) is 4.23. The molecule has 2 heteroatoms. The van der Waals surface area contributed by atoms with Gasteiger partial charge < -0.3 is 9.73 Å². The van der Waals surface area contributed by atoms with Crippen LogP contribution in [0.3, 0.4) is 0 Å². The van der Waals surface area contributed by atoms with E-state index in [1.165, 1.54) is 44.1 Å². The van der Waals surface area contributed by atoms with Gasteiger partial charge in [-0.05, 0) is 52.1 Å². The molecule has 0 amide bonds. The molecule has 1 heterocycles. The van der Waals surface area contributed by atoms with Gasteiger partial charge >= 0.3 is 0 Å². The zero-order chi connectivity index (χ0) is 13.0. The Balaban J connectivity index is 1.83. The predicted octanol–water partition coefficient (Wildman–Crippen LogP) is 4.52. The van der Waals surface area contributed by atoms with Crippen LogP contribution in [-0.4, -0.2) is 6.54 Å². The Labute approximate surface area is 111 Å². The Bertz CT molecular complexity index is 361. The first-order valence-electron chi connectivity index (χ1n) is 7.47. The van der Waals surface area contributed by atoms with Gasteiger partial charge in [0.2, 0.25) is 0 Å². The molecule has 18 heavy (non-hydrogen) atoms. The maximum Gasteiger partial charge on any atom is 0.105 e. The van der Waals surface area contributed by atoms with Crippen LogP contribution >= 0.6 is 0 Å². The summed E-state index contributed by atoms with van der Waals surface area (Å²) in [7, 11) is 0. The molecule has 1 N–H and O–H groups in total. The summed E-state index contributed by atoms with van der Waals surface area (Å²) in [4.78, 5) is 0. The van der Waals surface area contributed by atoms with E-state index in [0.29, 0.717) is 6.04 Å². The molecule has 1 aromatic heterocycles. The van der Waals surface area contributed by atoms with Crippen LogP contribution < -0.4 is 5.32 Å². The van der Waals surface area contributed by atoms with Gasteiger partial charge in [-0.1, -0.05) is 25.7 Å². The highest BCUT2D eigenvalue weighted by Gasteiger charge is 2.16. The summed E-state index contributed by atoms with van der Waals surface area (Å²) in [5.74, 6) is 2.96. The Morgan fingerprint density at radius 2 is 1.89 bits per heavy atom. The van der Waals surface area contributed by atoms with Crippen molar-refractivity contribution in [3.63, 3.8) is 0 Å². The molecular weight excluding hydrogens is 222 g/mol. The second kappa shape index (κ2) is 6.42. The van der Waals surface area contributed by atoms with E-state index in [1.807, 2.05) is 6.92 Å². The Kier molecular flexibility index (Phi) is 4.87. The quantitative estimate of drug-likeness (QED) is 0.794. The fourth-order valence-electron chi connectivity index (χ4n) is 3.10. The summed E-state index contributed by atoms with van der Waals surface area (Å²) >= 11 is 0. The number of furan rings is 1. The van der Waals surface area contributed by atoms with E-state index in [0.717, 1.165) is 24.0 Å². The molecule has 0 radical (unpaired) electrons. The van der Waals surface area contributed by atoms with Crippen molar-refractivity contribution >= 4 is 0 Å². The van der Waals surface area contributed by atoms with Gasteiger partial charge in [-0.2, -0.15) is 0 Å². The number of aryl methyl sites for hydroxylation is 2. The van der Waals surface area contributed by atoms with E-state index in [9.17, 15) is 0 Å². The molecule has 1 aliphatic carbocycles. The Morgan fingerprint density at radius 3 is 2.44 bits per heavy atom. The van der Waals surface area contributed by atoms with Crippen molar-refractivity contribution in [2.45, 2.75) is 65.3 Å². The van der Waals surface area contributed by atoms with Crippen LogP contribution in [0.1, 0.15) is 68.6 Å². The molecule has 0 bridgehead atoms. The third-order valence-corrected chi connectivity index (χ3v) is 4.23. The zero-order valence-electron chi connectivity index (χ0n) is 12.1. The molecule has 1 saturated carbocycles. The molecule has 2 rings (SSSR count). The van der Waals surface area contributed by atoms with Crippen molar-refractivity contribution in [2.75, 3.05) is 6.54 Å². The van der Waals surface area contributed by atoms with Gasteiger partial charge in [0.25, 0.3) is 0 Å². The minimum Gasteiger partial charge on any atom is -0.466 e. The normalized spacial score (nSPS) is 19.7. The summed E-state index contributed by atoms with van der Waals surface area (Å²) in [6.45, 7) is 7.49. The van der Waals surface area contributed by atoms with Gasteiger partial charge in [-0.3, -0.25) is 0 Å². The Hall–Kier alpha value is -0.760. The van der Waals surface area contributed by atoms with Crippen molar-refractivity contribution in [1.82, 2.24) is 5.32 Å². The molecule has 0 saturated heterocycles. The first-order chi connectivity index (χ1) is 8.66. The maximum atomic E-state index is 5.61. The van der Waals surface area contributed by atoms with E-state index in [-0.39, 0.29) is 0 Å². The number of nitrogens with one attached hydrogen (secondary N) is 1. The van der Waals surface area contributed by atoms with Crippen LogP contribution in [0.25, 0.3) is 0 Å². The summed E-state index contributed by atoms with van der Waals surface area (Å²) in [6.07, 6.45) is 8.53. The predicted molar refractivity (Wildman–Crippen MR) is 75.8 cm³/mol. The van der Waals surface area contributed by atoms with E-state index in [1.54, 1.807) is 0 Å². The van der Waals surface area contributed by atoms with Gasteiger partial charge in [0, 0.05) is 11.6 Å². The topological polar surface area (TPSA) is 25.2 Å². The van der Waals surface area contributed by atoms with Gasteiger partial charge in [0.15, 0.2) is 0 Å². The lowest BCUT2D eigenvalue weighted by atomic mass is 9.99. The number of hydrogen-bond donors (Lipinski definition) is 1. The van der Waals surface area contributed by atoms with Crippen LogP contribution in [0, 0.1) is 19.8 Å². The minimum absolute atomic E-state index is 0.408. The van der Waals surface area contributed by atoms with Gasteiger partial charge in [0.1, 0.15) is 11.5 Å². The Morgan fingerprint density at radius 1 is 1.22 bits per heavy atom. The fourth-order valence-corrected chi connectivity index (χ4v) is 3.10. The largest absolute Gasteiger partial charge is 0.466 e. The molecule has 1 fully saturated rings. The maximum absolute atomic E-state index is 5.61. The molecule has 2 nitrogen and oxygen atoms in total. The lowest BCUT2D eigenvalue weighted by Crippen LogP contribution is -2.25. The molecule has 102 valence electrons. The van der Waals surface area contributed by atoms with Crippen molar-refractivity contribution in [3.05, 3.63) is 23.2 Å². The summed E-state index contributed by atoms with van der Waals surface area (Å²) in [5.41, 5.74) is 1.32. The monoisotopic (exact) mass is 249 g/mol. The standard InChI is InChI=1S/C16H27NO/c1-12-10-16(14(3)18-12)13(2)17-11-15-8-6-4-5-7-9-15/h10,13,15,17H,4-9,11H2,1-3H3. The van der Waals surface area contributed by atoms with E-state index < -0.39 is 0 Å². The summed E-state index contributed by atoms with van der Waals surface area (Å²) in [6, 6.07) is 2.57. The van der Waals surface area contributed by atoms with E-state index >= 15 is 0 Å². The molecule has 1 unspecified atom stereocenters. The van der Waals surface area contributed by atoms with Crippen LogP contribution in [-0.2, 0) is 0 Å². The van der Waals surface area contributed by atoms with Gasteiger partial charge in [0.05, 0.1) is 0 Å².